The molecule has 0 aliphatic rings. The Morgan fingerprint density at radius 2 is 1.93 bits per heavy atom. The van der Waals surface area contributed by atoms with Gasteiger partial charge in [-0.25, -0.2) is 0 Å². The van der Waals surface area contributed by atoms with Crippen LogP contribution in [0.25, 0.3) is 0 Å². The minimum absolute atomic E-state index is 0.175. The summed E-state index contributed by atoms with van der Waals surface area (Å²) in [5.41, 5.74) is -0.404. The highest BCUT2D eigenvalue weighted by molar-refractivity contribution is 5.69. The first kappa shape index (κ1) is 14.4. The zero-order chi connectivity index (χ0) is 11.9. The maximum Gasteiger partial charge on any atom is 0.306 e. The van der Waals surface area contributed by atoms with Crippen molar-refractivity contribution in [2.24, 2.45) is 0 Å². The third kappa shape index (κ3) is 9.73. The van der Waals surface area contributed by atoms with Crippen LogP contribution in [0, 0.1) is 0 Å². The van der Waals surface area contributed by atoms with Gasteiger partial charge in [-0.15, -0.1) is 0 Å². The maximum absolute atomic E-state index is 11.3. The van der Waals surface area contributed by atoms with E-state index >= 15 is 0 Å². The Morgan fingerprint density at radius 1 is 1.33 bits per heavy atom. The van der Waals surface area contributed by atoms with Crippen molar-refractivity contribution in [3.8, 4) is 0 Å². The molecular weight excluding hydrogens is 192 g/mol. The van der Waals surface area contributed by atoms with Crippen LogP contribution < -0.4 is 0 Å². The topological polar surface area (TPSA) is 46.5 Å². The van der Waals surface area contributed by atoms with Gasteiger partial charge in [-0.2, -0.15) is 0 Å². The van der Waals surface area contributed by atoms with E-state index in [1.807, 2.05) is 27.7 Å². The van der Waals surface area contributed by atoms with E-state index in [0.29, 0.717) is 19.3 Å². The second-order valence-corrected chi connectivity index (χ2v) is 4.92. The number of carbonyl (C=O) groups is 1. The molecule has 0 saturated heterocycles. The van der Waals surface area contributed by atoms with E-state index in [-0.39, 0.29) is 12.1 Å². The monoisotopic (exact) mass is 216 g/mol. The molecule has 1 N–H and O–H groups in total. The van der Waals surface area contributed by atoms with Crippen LogP contribution in [0.5, 0.6) is 0 Å². The fourth-order valence-corrected chi connectivity index (χ4v) is 1.35. The van der Waals surface area contributed by atoms with Gasteiger partial charge in [0.25, 0.3) is 0 Å². The summed E-state index contributed by atoms with van der Waals surface area (Å²) in [6, 6.07) is 0. The third-order valence-electron chi connectivity index (χ3n) is 1.96. The summed E-state index contributed by atoms with van der Waals surface area (Å²) < 4.78 is 5.16. The highest BCUT2D eigenvalue weighted by atomic mass is 16.6. The molecule has 0 aromatic carbocycles. The first-order valence-electron chi connectivity index (χ1n) is 5.75. The summed E-state index contributed by atoms with van der Waals surface area (Å²) in [6.07, 6.45) is 3.32. The largest absolute Gasteiger partial charge is 0.460 e. The molecule has 90 valence electrons. The molecule has 0 heterocycles. The van der Waals surface area contributed by atoms with Crippen molar-refractivity contribution in [3.63, 3.8) is 0 Å². The molecule has 0 spiro atoms. The van der Waals surface area contributed by atoms with Crippen molar-refractivity contribution in [2.45, 2.75) is 71.5 Å². The third-order valence-corrected chi connectivity index (χ3v) is 1.96. The number of aliphatic hydroxyl groups is 1. The minimum Gasteiger partial charge on any atom is -0.460 e. The smallest absolute Gasteiger partial charge is 0.306 e. The molecule has 0 saturated carbocycles. The van der Waals surface area contributed by atoms with Gasteiger partial charge < -0.3 is 9.84 Å². The molecule has 0 aromatic rings. The number of carbonyl (C=O) groups excluding carboxylic acids is 1. The van der Waals surface area contributed by atoms with Gasteiger partial charge in [0.05, 0.1) is 6.10 Å². The molecule has 0 aliphatic carbocycles. The fourth-order valence-electron chi connectivity index (χ4n) is 1.35. The van der Waals surface area contributed by atoms with Crippen molar-refractivity contribution in [2.75, 3.05) is 0 Å². The first-order chi connectivity index (χ1) is 6.85. The summed E-state index contributed by atoms with van der Waals surface area (Å²) in [7, 11) is 0. The lowest BCUT2D eigenvalue weighted by molar-refractivity contribution is -0.155. The highest BCUT2D eigenvalue weighted by Gasteiger charge is 2.16. The van der Waals surface area contributed by atoms with E-state index in [0.717, 1.165) is 12.8 Å². The van der Waals surface area contributed by atoms with Crippen LogP contribution in [-0.4, -0.2) is 22.8 Å². The van der Waals surface area contributed by atoms with Gasteiger partial charge in [0.15, 0.2) is 0 Å². The lowest BCUT2D eigenvalue weighted by Crippen LogP contribution is -2.23. The number of esters is 1. The highest BCUT2D eigenvalue weighted by Crippen LogP contribution is 2.11. The van der Waals surface area contributed by atoms with Crippen molar-refractivity contribution in [1.29, 1.82) is 0 Å². The maximum atomic E-state index is 11.3. The Morgan fingerprint density at radius 3 is 2.40 bits per heavy atom. The van der Waals surface area contributed by atoms with E-state index < -0.39 is 5.60 Å². The van der Waals surface area contributed by atoms with Crippen LogP contribution in [0.1, 0.15) is 59.8 Å². The summed E-state index contributed by atoms with van der Waals surface area (Å²) >= 11 is 0. The van der Waals surface area contributed by atoms with Gasteiger partial charge in [0.2, 0.25) is 0 Å². The Labute approximate surface area is 92.8 Å². The number of ether oxygens (including phenoxy) is 1. The van der Waals surface area contributed by atoms with Crippen LogP contribution in [-0.2, 0) is 9.53 Å². The molecule has 0 rings (SSSR count). The summed E-state index contributed by atoms with van der Waals surface area (Å²) in [5.74, 6) is -0.175. The van der Waals surface area contributed by atoms with Gasteiger partial charge in [0.1, 0.15) is 5.60 Å². The van der Waals surface area contributed by atoms with Crippen LogP contribution in [0.4, 0.5) is 0 Å². The standard InChI is InChI=1S/C12H24O3/c1-5-7-10(13)8-6-9-11(14)15-12(2,3)4/h10,13H,5-9H2,1-4H3/t10-/m1/s1. The average molecular weight is 216 g/mol. The van der Waals surface area contributed by atoms with Gasteiger partial charge >= 0.3 is 5.97 Å². The SMILES string of the molecule is CCC[C@@H](O)CCCC(=O)OC(C)(C)C. The van der Waals surface area contributed by atoms with Crippen LogP contribution in [0.3, 0.4) is 0 Å². The molecule has 3 heteroatoms. The second-order valence-electron chi connectivity index (χ2n) is 4.92. The molecular formula is C12H24O3. The molecule has 0 bridgehead atoms. The van der Waals surface area contributed by atoms with Gasteiger partial charge in [-0.3, -0.25) is 4.79 Å². The van der Waals surface area contributed by atoms with E-state index in [2.05, 4.69) is 0 Å². The Kier molecular flexibility index (Phi) is 6.57. The molecule has 15 heavy (non-hydrogen) atoms. The summed E-state index contributed by atoms with van der Waals surface area (Å²) in [5, 5.41) is 9.44. The molecule has 0 aliphatic heterocycles. The van der Waals surface area contributed by atoms with E-state index in [4.69, 9.17) is 4.74 Å². The Bertz CT molecular complexity index is 182. The Hall–Kier alpha value is -0.570. The van der Waals surface area contributed by atoms with Gasteiger partial charge in [0, 0.05) is 6.42 Å². The van der Waals surface area contributed by atoms with E-state index in [1.165, 1.54) is 0 Å². The van der Waals surface area contributed by atoms with Crippen molar-refractivity contribution in [3.05, 3.63) is 0 Å². The number of aliphatic hydroxyl groups excluding tert-OH is 1. The number of hydrogen-bond acceptors (Lipinski definition) is 3. The zero-order valence-electron chi connectivity index (χ0n) is 10.4. The Balaban J connectivity index is 3.55. The minimum atomic E-state index is -0.404. The van der Waals surface area contributed by atoms with Crippen molar-refractivity contribution < 1.29 is 14.6 Å². The molecule has 0 amide bonds. The van der Waals surface area contributed by atoms with Gasteiger partial charge in [-0.1, -0.05) is 13.3 Å². The van der Waals surface area contributed by atoms with Gasteiger partial charge in [-0.05, 0) is 40.0 Å². The normalized spacial score (nSPS) is 13.7. The lowest BCUT2D eigenvalue weighted by atomic mass is 10.1. The molecule has 0 aromatic heterocycles. The lowest BCUT2D eigenvalue weighted by Gasteiger charge is -2.19. The number of rotatable bonds is 6. The number of hydrogen-bond donors (Lipinski definition) is 1. The summed E-state index contributed by atoms with van der Waals surface area (Å²) in [4.78, 5) is 11.3. The molecule has 1 atom stereocenters. The molecule has 0 radical (unpaired) electrons. The van der Waals surface area contributed by atoms with Crippen molar-refractivity contribution in [1.82, 2.24) is 0 Å². The first-order valence-corrected chi connectivity index (χ1v) is 5.75. The molecule has 0 fully saturated rings. The quantitative estimate of drug-likeness (QED) is 0.694. The summed E-state index contributed by atoms with van der Waals surface area (Å²) in [6.45, 7) is 7.61. The average Bonchev–Trinajstić information content (AvgIpc) is 2.00. The second kappa shape index (κ2) is 6.83. The van der Waals surface area contributed by atoms with Crippen molar-refractivity contribution >= 4 is 5.97 Å². The zero-order valence-corrected chi connectivity index (χ0v) is 10.4. The predicted octanol–water partition coefficient (Wildman–Crippen LogP) is 2.66. The van der Waals surface area contributed by atoms with Crippen LogP contribution in [0.2, 0.25) is 0 Å². The van der Waals surface area contributed by atoms with E-state index in [1.54, 1.807) is 0 Å². The van der Waals surface area contributed by atoms with E-state index in [9.17, 15) is 9.90 Å². The molecule has 0 unspecified atom stereocenters. The van der Waals surface area contributed by atoms with Crippen LogP contribution >= 0.6 is 0 Å². The van der Waals surface area contributed by atoms with Crippen LogP contribution in [0.15, 0.2) is 0 Å². The predicted molar refractivity (Wildman–Crippen MR) is 60.6 cm³/mol. The molecule has 3 nitrogen and oxygen atoms in total. The fraction of sp³-hybridized carbons (Fsp3) is 0.917.